The molecule has 2 N–H and O–H groups in total. The number of benzene rings is 1. The highest BCUT2D eigenvalue weighted by atomic mass is 16.5. The van der Waals surface area contributed by atoms with Crippen molar-refractivity contribution in [3.8, 4) is 5.75 Å². The molecule has 2 rings (SSSR count). The summed E-state index contributed by atoms with van der Waals surface area (Å²) < 4.78 is 5.90. The summed E-state index contributed by atoms with van der Waals surface area (Å²) in [5, 5.41) is 11.9. The van der Waals surface area contributed by atoms with E-state index in [4.69, 9.17) is 9.84 Å². The van der Waals surface area contributed by atoms with Gasteiger partial charge in [-0.05, 0) is 56.4 Å². The van der Waals surface area contributed by atoms with Crippen molar-refractivity contribution in [3.63, 3.8) is 0 Å². The van der Waals surface area contributed by atoms with Gasteiger partial charge in [0.25, 0.3) is 0 Å². The number of hydrogen-bond donors (Lipinski definition) is 2. The van der Waals surface area contributed by atoms with E-state index in [2.05, 4.69) is 5.32 Å². The Kier molecular flexibility index (Phi) is 6.52. The van der Waals surface area contributed by atoms with Crippen molar-refractivity contribution in [2.24, 2.45) is 0 Å². The minimum absolute atomic E-state index is 0.0262. The maximum absolute atomic E-state index is 12.1. The van der Waals surface area contributed by atoms with E-state index < -0.39 is 0 Å². The number of anilines is 1. The fourth-order valence-corrected chi connectivity index (χ4v) is 2.72. The lowest BCUT2D eigenvalue weighted by molar-refractivity contribution is 0.188. The number of carbonyl (C=O) groups excluding carboxylic acids is 1. The van der Waals surface area contributed by atoms with Crippen LogP contribution in [0.3, 0.4) is 0 Å². The van der Waals surface area contributed by atoms with Gasteiger partial charge in [0, 0.05) is 18.8 Å². The van der Waals surface area contributed by atoms with Crippen LogP contribution in [-0.2, 0) is 0 Å². The Morgan fingerprint density at radius 3 is 2.55 bits per heavy atom. The van der Waals surface area contributed by atoms with Crippen molar-refractivity contribution in [1.29, 1.82) is 0 Å². The predicted molar refractivity (Wildman–Crippen MR) is 87.3 cm³/mol. The van der Waals surface area contributed by atoms with Crippen LogP contribution in [-0.4, -0.2) is 41.8 Å². The van der Waals surface area contributed by atoms with Gasteiger partial charge in [-0.1, -0.05) is 6.92 Å². The van der Waals surface area contributed by atoms with Crippen molar-refractivity contribution >= 4 is 11.7 Å². The highest BCUT2D eigenvalue weighted by Crippen LogP contribution is 2.25. The van der Waals surface area contributed by atoms with E-state index >= 15 is 0 Å². The van der Waals surface area contributed by atoms with Gasteiger partial charge in [-0.15, -0.1) is 0 Å². The van der Waals surface area contributed by atoms with E-state index in [0.29, 0.717) is 19.2 Å². The number of nitrogens with zero attached hydrogens (tertiary/aromatic N) is 1. The number of nitrogens with one attached hydrogen (secondary N) is 1. The Bertz CT molecular complexity index is 449. The molecule has 1 aromatic rings. The molecule has 1 aliphatic rings. The van der Waals surface area contributed by atoms with Gasteiger partial charge in [-0.25, -0.2) is 4.79 Å². The molecule has 122 valence electrons. The second kappa shape index (κ2) is 8.63. The number of aliphatic hydroxyl groups excluding tert-OH is 1. The summed E-state index contributed by atoms with van der Waals surface area (Å²) in [6, 6.07) is 7.31. The van der Waals surface area contributed by atoms with E-state index in [1.54, 1.807) is 4.90 Å². The lowest BCUT2D eigenvalue weighted by Gasteiger charge is -2.21. The molecular formula is C17H26N2O3. The molecule has 1 aliphatic carbocycles. The second-order valence-electron chi connectivity index (χ2n) is 5.69. The van der Waals surface area contributed by atoms with Crippen LogP contribution in [0.1, 0.15) is 39.0 Å². The standard InChI is InChI=1S/C17H26N2O3/c1-2-11-19(12-13-20)17(21)18-14-7-9-16(10-8-14)22-15-5-3-4-6-15/h7-10,15,20H,2-6,11-13H2,1H3,(H,18,21). The van der Waals surface area contributed by atoms with Crippen LogP contribution in [0, 0.1) is 0 Å². The van der Waals surface area contributed by atoms with Crippen LogP contribution >= 0.6 is 0 Å². The molecule has 5 nitrogen and oxygen atoms in total. The van der Waals surface area contributed by atoms with Crippen LogP contribution in [0.2, 0.25) is 0 Å². The van der Waals surface area contributed by atoms with Crippen LogP contribution in [0.5, 0.6) is 5.75 Å². The van der Waals surface area contributed by atoms with E-state index in [1.807, 2.05) is 31.2 Å². The number of ether oxygens (including phenoxy) is 1. The van der Waals surface area contributed by atoms with Crippen molar-refractivity contribution in [2.75, 3.05) is 25.0 Å². The summed E-state index contributed by atoms with van der Waals surface area (Å²) in [6.07, 6.45) is 5.96. The minimum atomic E-state index is -0.180. The molecule has 5 heteroatoms. The molecule has 0 saturated heterocycles. The zero-order valence-electron chi connectivity index (χ0n) is 13.3. The lowest BCUT2D eigenvalue weighted by atomic mass is 10.2. The molecule has 0 spiro atoms. The summed E-state index contributed by atoms with van der Waals surface area (Å²) in [6.45, 7) is 2.96. The van der Waals surface area contributed by atoms with Crippen molar-refractivity contribution in [1.82, 2.24) is 4.90 Å². The molecule has 0 radical (unpaired) electrons. The van der Waals surface area contributed by atoms with Gasteiger partial charge in [0.05, 0.1) is 12.7 Å². The van der Waals surface area contributed by atoms with Gasteiger partial charge >= 0.3 is 6.03 Å². The smallest absolute Gasteiger partial charge is 0.321 e. The maximum atomic E-state index is 12.1. The van der Waals surface area contributed by atoms with E-state index in [0.717, 1.165) is 30.7 Å². The molecule has 1 fully saturated rings. The average Bonchev–Trinajstić information content (AvgIpc) is 3.02. The van der Waals surface area contributed by atoms with Crippen LogP contribution in [0.4, 0.5) is 10.5 Å². The first-order valence-corrected chi connectivity index (χ1v) is 8.16. The van der Waals surface area contributed by atoms with Crippen molar-refractivity contribution in [2.45, 2.75) is 45.1 Å². The molecule has 22 heavy (non-hydrogen) atoms. The third kappa shape index (κ3) is 4.91. The number of carbonyl (C=O) groups is 1. The second-order valence-corrected chi connectivity index (χ2v) is 5.69. The lowest BCUT2D eigenvalue weighted by Crippen LogP contribution is -2.37. The molecule has 1 aromatic carbocycles. The summed E-state index contributed by atoms with van der Waals surface area (Å²) in [5.41, 5.74) is 0.739. The Hall–Kier alpha value is -1.75. The number of amides is 2. The third-order valence-corrected chi connectivity index (χ3v) is 3.86. The molecule has 0 bridgehead atoms. The molecule has 0 atom stereocenters. The van der Waals surface area contributed by atoms with Gasteiger partial charge in [-0.3, -0.25) is 0 Å². The van der Waals surface area contributed by atoms with Gasteiger partial charge in [0.1, 0.15) is 5.75 Å². The van der Waals surface area contributed by atoms with Crippen LogP contribution in [0.15, 0.2) is 24.3 Å². The van der Waals surface area contributed by atoms with Crippen molar-refractivity contribution < 1.29 is 14.6 Å². The van der Waals surface area contributed by atoms with E-state index in [9.17, 15) is 4.79 Å². The molecule has 0 aromatic heterocycles. The molecular weight excluding hydrogens is 280 g/mol. The fourth-order valence-electron chi connectivity index (χ4n) is 2.72. The van der Waals surface area contributed by atoms with Gasteiger partial charge in [-0.2, -0.15) is 0 Å². The molecule has 1 saturated carbocycles. The van der Waals surface area contributed by atoms with Gasteiger partial charge in [0.15, 0.2) is 0 Å². The molecule has 0 heterocycles. The largest absolute Gasteiger partial charge is 0.490 e. The van der Waals surface area contributed by atoms with Crippen LogP contribution in [0.25, 0.3) is 0 Å². The summed E-state index contributed by atoms with van der Waals surface area (Å²) in [7, 11) is 0. The maximum Gasteiger partial charge on any atom is 0.321 e. The monoisotopic (exact) mass is 306 g/mol. The number of rotatable bonds is 7. The molecule has 0 aliphatic heterocycles. The molecule has 2 amide bonds. The topological polar surface area (TPSA) is 61.8 Å². The summed E-state index contributed by atoms with van der Waals surface area (Å²) in [5.74, 6) is 0.852. The number of hydrogen-bond acceptors (Lipinski definition) is 3. The first-order valence-electron chi connectivity index (χ1n) is 8.16. The average molecular weight is 306 g/mol. The first-order chi connectivity index (χ1) is 10.7. The Morgan fingerprint density at radius 1 is 1.27 bits per heavy atom. The minimum Gasteiger partial charge on any atom is -0.490 e. The van der Waals surface area contributed by atoms with E-state index in [-0.39, 0.29) is 12.6 Å². The normalized spacial score (nSPS) is 14.8. The van der Waals surface area contributed by atoms with Crippen LogP contribution < -0.4 is 10.1 Å². The first kappa shape index (κ1) is 16.6. The Balaban J connectivity index is 1.87. The SMILES string of the molecule is CCCN(CCO)C(=O)Nc1ccc(OC2CCCC2)cc1. The highest BCUT2D eigenvalue weighted by Gasteiger charge is 2.16. The summed E-state index contributed by atoms with van der Waals surface area (Å²) >= 11 is 0. The summed E-state index contributed by atoms with van der Waals surface area (Å²) in [4.78, 5) is 13.7. The van der Waals surface area contributed by atoms with E-state index in [1.165, 1.54) is 12.8 Å². The number of urea groups is 1. The number of aliphatic hydroxyl groups is 1. The Morgan fingerprint density at radius 2 is 1.95 bits per heavy atom. The van der Waals surface area contributed by atoms with Gasteiger partial charge in [0.2, 0.25) is 0 Å². The third-order valence-electron chi connectivity index (χ3n) is 3.86. The molecule has 0 unspecified atom stereocenters. The predicted octanol–water partition coefficient (Wildman–Crippen LogP) is 3.24. The fraction of sp³-hybridized carbons (Fsp3) is 0.588. The van der Waals surface area contributed by atoms with Gasteiger partial charge < -0.3 is 20.1 Å². The Labute approximate surface area is 132 Å². The zero-order chi connectivity index (χ0) is 15.8. The van der Waals surface area contributed by atoms with Crippen molar-refractivity contribution in [3.05, 3.63) is 24.3 Å². The zero-order valence-corrected chi connectivity index (χ0v) is 13.3. The quantitative estimate of drug-likeness (QED) is 0.813. The highest BCUT2D eigenvalue weighted by molar-refractivity contribution is 5.89.